The maximum Gasteiger partial charge on any atom is 0.0587 e. The van der Waals surface area contributed by atoms with Gasteiger partial charge in [0.05, 0.1) is 6.10 Å². The van der Waals surface area contributed by atoms with Crippen LogP contribution in [0.25, 0.3) is 0 Å². The van der Waals surface area contributed by atoms with Crippen molar-refractivity contribution in [3.63, 3.8) is 0 Å². The Balaban J connectivity index is 1.47. The molecule has 1 N–H and O–H groups in total. The minimum Gasteiger partial charge on any atom is -0.378 e. The lowest BCUT2D eigenvalue weighted by atomic mass is 10.0. The minimum absolute atomic E-state index is 0.449. The molecule has 3 rings (SSSR count). The smallest absolute Gasteiger partial charge is 0.0587 e. The first-order chi connectivity index (χ1) is 9.83. The Morgan fingerprint density at radius 3 is 2.95 bits per heavy atom. The Bertz CT molecular complexity index is 437. The van der Waals surface area contributed by atoms with Crippen LogP contribution in [-0.2, 0) is 17.6 Å². The second kappa shape index (κ2) is 6.73. The summed E-state index contributed by atoms with van der Waals surface area (Å²) in [6, 6.07) is 7.50. The number of hydrogen-bond acceptors (Lipinski definition) is 2. The third-order valence-corrected chi connectivity index (χ3v) is 4.81. The van der Waals surface area contributed by atoms with Crippen molar-refractivity contribution in [3.05, 3.63) is 34.9 Å². The van der Waals surface area contributed by atoms with E-state index in [1.807, 2.05) is 0 Å². The molecule has 0 amide bonds. The molecule has 2 nitrogen and oxygen atoms in total. The van der Waals surface area contributed by atoms with Crippen LogP contribution in [0.3, 0.4) is 0 Å². The van der Waals surface area contributed by atoms with Crippen LogP contribution in [0.2, 0.25) is 0 Å². The van der Waals surface area contributed by atoms with Crippen LogP contribution < -0.4 is 5.32 Å². The average molecular weight is 273 g/mol. The first-order valence-electron chi connectivity index (χ1n) is 8.29. The summed E-state index contributed by atoms with van der Waals surface area (Å²) in [4.78, 5) is 0. The van der Waals surface area contributed by atoms with Gasteiger partial charge in [-0.15, -0.1) is 0 Å². The van der Waals surface area contributed by atoms with Crippen LogP contribution in [0.1, 0.15) is 61.8 Å². The fourth-order valence-electron chi connectivity index (χ4n) is 3.47. The Morgan fingerprint density at radius 1 is 1.20 bits per heavy atom. The van der Waals surface area contributed by atoms with Gasteiger partial charge in [0.1, 0.15) is 0 Å². The van der Waals surface area contributed by atoms with E-state index in [2.05, 4.69) is 30.4 Å². The summed E-state index contributed by atoms with van der Waals surface area (Å²) < 4.78 is 5.79. The molecule has 1 fully saturated rings. The van der Waals surface area contributed by atoms with Crippen LogP contribution in [-0.4, -0.2) is 19.3 Å². The topological polar surface area (TPSA) is 21.3 Å². The van der Waals surface area contributed by atoms with Gasteiger partial charge in [0.2, 0.25) is 0 Å². The molecule has 0 radical (unpaired) electrons. The number of aryl methyl sites for hydroxylation is 2. The summed E-state index contributed by atoms with van der Waals surface area (Å²) >= 11 is 0. The molecule has 1 saturated heterocycles. The van der Waals surface area contributed by atoms with Crippen molar-refractivity contribution >= 4 is 0 Å². The zero-order valence-electron chi connectivity index (χ0n) is 12.7. The molecule has 0 bridgehead atoms. The lowest BCUT2D eigenvalue weighted by Gasteiger charge is -2.23. The van der Waals surface area contributed by atoms with Crippen molar-refractivity contribution < 1.29 is 4.74 Å². The SMILES string of the molecule is CC(NCCC1CCCCO1)c1ccc2c(c1)CCC2. The van der Waals surface area contributed by atoms with E-state index in [1.165, 1.54) is 44.1 Å². The minimum atomic E-state index is 0.449. The van der Waals surface area contributed by atoms with Gasteiger partial charge in [0, 0.05) is 12.6 Å². The number of fused-ring (bicyclic) bond motifs is 1. The molecule has 20 heavy (non-hydrogen) atoms. The molecule has 2 heteroatoms. The number of ether oxygens (including phenoxy) is 1. The zero-order valence-corrected chi connectivity index (χ0v) is 12.7. The highest BCUT2D eigenvalue weighted by Crippen LogP contribution is 2.25. The molecule has 2 aliphatic rings. The van der Waals surface area contributed by atoms with Gasteiger partial charge in [-0.2, -0.15) is 0 Å². The monoisotopic (exact) mass is 273 g/mol. The molecule has 110 valence electrons. The Kier molecular flexibility index (Phi) is 4.74. The normalized spacial score (nSPS) is 23.6. The molecule has 1 aromatic rings. The van der Waals surface area contributed by atoms with E-state index in [4.69, 9.17) is 4.74 Å². The van der Waals surface area contributed by atoms with Crippen molar-refractivity contribution in [2.24, 2.45) is 0 Å². The number of nitrogens with one attached hydrogen (secondary N) is 1. The third-order valence-electron chi connectivity index (χ3n) is 4.81. The number of rotatable bonds is 5. The third kappa shape index (κ3) is 3.42. The largest absolute Gasteiger partial charge is 0.378 e. The van der Waals surface area contributed by atoms with E-state index in [1.54, 1.807) is 11.1 Å². The predicted octanol–water partition coefficient (Wildman–Crippen LogP) is 3.79. The van der Waals surface area contributed by atoms with Crippen LogP contribution in [0, 0.1) is 0 Å². The lowest BCUT2D eigenvalue weighted by Crippen LogP contribution is -2.27. The van der Waals surface area contributed by atoms with Gasteiger partial charge in [-0.3, -0.25) is 0 Å². The maximum absolute atomic E-state index is 5.79. The molecule has 1 aromatic carbocycles. The molecular weight excluding hydrogens is 246 g/mol. The molecule has 0 spiro atoms. The molecule has 1 heterocycles. The molecule has 0 saturated carbocycles. The van der Waals surface area contributed by atoms with Gasteiger partial charge in [-0.05, 0) is 75.1 Å². The van der Waals surface area contributed by atoms with Gasteiger partial charge >= 0.3 is 0 Å². The van der Waals surface area contributed by atoms with Crippen LogP contribution in [0.4, 0.5) is 0 Å². The highest BCUT2D eigenvalue weighted by atomic mass is 16.5. The summed E-state index contributed by atoms with van der Waals surface area (Å²) in [6.07, 6.45) is 9.34. The lowest BCUT2D eigenvalue weighted by molar-refractivity contribution is 0.0112. The van der Waals surface area contributed by atoms with Crippen molar-refractivity contribution in [3.8, 4) is 0 Å². The highest BCUT2D eigenvalue weighted by molar-refractivity contribution is 5.36. The van der Waals surface area contributed by atoms with Crippen molar-refractivity contribution in [2.45, 2.75) is 64.0 Å². The summed E-state index contributed by atoms with van der Waals surface area (Å²) in [5.41, 5.74) is 4.58. The number of benzene rings is 1. The quantitative estimate of drug-likeness (QED) is 0.881. The first-order valence-corrected chi connectivity index (χ1v) is 8.29. The Labute approximate surface area is 122 Å². The fourth-order valence-corrected chi connectivity index (χ4v) is 3.47. The van der Waals surface area contributed by atoms with Crippen LogP contribution in [0.5, 0.6) is 0 Å². The summed E-state index contributed by atoms with van der Waals surface area (Å²) in [5.74, 6) is 0. The van der Waals surface area contributed by atoms with E-state index >= 15 is 0 Å². The summed E-state index contributed by atoms with van der Waals surface area (Å²) in [5, 5.41) is 3.66. The van der Waals surface area contributed by atoms with E-state index in [9.17, 15) is 0 Å². The molecule has 2 atom stereocenters. The molecule has 0 aromatic heterocycles. The summed E-state index contributed by atoms with van der Waals surface area (Å²) in [7, 11) is 0. The average Bonchev–Trinajstić information content (AvgIpc) is 2.95. The molecular formula is C18H27NO. The van der Waals surface area contributed by atoms with Crippen LogP contribution in [0.15, 0.2) is 18.2 Å². The van der Waals surface area contributed by atoms with E-state index in [0.717, 1.165) is 19.6 Å². The standard InChI is InChI=1S/C18H27NO/c1-14(19-11-10-18-7-2-3-12-20-18)16-9-8-15-5-4-6-17(15)13-16/h8-9,13-14,18-19H,2-7,10-12H2,1H3. The van der Waals surface area contributed by atoms with Gasteiger partial charge in [0.25, 0.3) is 0 Å². The van der Waals surface area contributed by atoms with Crippen molar-refractivity contribution in [1.82, 2.24) is 5.32 Å². The van der Waals surface area contributed by atoms with Crippen molar-refractivity contribution in [1.29, 1.82) is 0 Å². The highest BCUT2D eigenvalue weighted by Gasteiger charge is 2.15. The molecule has 2 unspecified atom stereocenters. The van der Waals surface area contributed by atoms with Gasteiger partial charge in [-0.25, -0.2) is 0 Å². The fraction of sp³-hybridized carbons (Fsp3) is 0.667. The Hall–Kier alpha value is -0.860. The van der Waals surface area contributed by atoms with E-state index in [-0.39, 0.29) is 0 Å². The van der Waals surface area contributed by atoms with Crippen molar-refractivity contribution in [2.75, 3.05) is 13.2 Å². The predicted molar refractivity (Wildman–Crippen MR) is 83.1 cm³/mol. The second-order valence-electron chi connectivity index (χ2n) is 6.33. The first kappa shape index (κ1) is 14.1. The van der Waals surface area contributed by atoms with Gasteiger partial charge < -0.3 is 10.1 Å². The van der Waals surface area contributed by atoms with Gasteiger partial charge in [0.15, 0.2) is 0 Å². The molecule has 1 aliphatic heterocycles. The number of hydrogen-bond donors (Lipinski definition) is 1. The van der Waals surface area contributed by atoms with E-state index in [0.29, 0.717) is 12.1 Å². The maximum atomic E-state index is 5.79. The van der Waals surface area contributed by atoms with E-state index < -0.39 is 0 Å². The zero-order chi connectivity index (χ0) is 13.8. The summed E-state index contributed by atoms with van der Waals surface area (Å²) in [6.45, 7) is 4.30. The molecule has 1 aliphatic carbocycles. The second-order valence-corrected chi connectivity index (χ2v) is 6.33. The Morgan fingerprint density at radius 2 is 2.10 bits per heavy atom. The van der Waals surface area contributed by atoms with Gasteiger partial charge in [-0.1, -0.05) is 18.2 Å². The van der Waals surface area contributed by atoms with Crippen LogP contribution >= 0.6 is 0 Å².